The summed E-state index contributed by atoms with van der Waals surface area (Å²) in [7, 11) is 0. The van der Waals surface area contributed by atoms with E-state index in [0.717, 1.165) is 35.5 Å². The molecule has 2 heterocycles. The summed E-state index contributed by atoms with van der Waals surface area (Å²) in [6, 6.07) is 5.94. The van der Waals surface area contributed by atoms with E-state index in [2.05, 4.69) is 23.8 Å². The lowest BCUT2D eigenvalue weighted by Gasteiger charge is -2.34. The zero-order valence-corrected chi connectivity index (χ0v) is 12.2. The second-order valence-electron chi connectivity index (χ2n) is 6.41. The van der Waals surface area contributed by atoms with Gasteiger partial charge >= 0.3 is 0 Å². The molecule has 0 aliphatic heterocycles. The third-order valence-corrected chi connectivity index (χ3v) is 3.84. The third kappa shape index (κ3) is 2.43. The maximum atomic E-state index is 6.24. The number of hydrogen-bond donors (Lipinski definition) is 1. The first-order valence-corrected chi connectivity index (χ1v) is 7.00. The van der Waals surface area contributed by atoms with Crippen molar-refractivity contribution in [2.45, 2.75) is 39.7 Å². The summed E-state index contributed by atoms with van der Waals surface area (Å²) in [4.78, 5) is 13.7. The van der Waals surface area contributed by atoms with Crippen LogP contribution in [0.3, 0.4) is 0 Å². The van der Waals surface area contributed by atoms with Gasteiger partial charge in [-0.05, 0) is 37.3 Å². The first kappa shape index (κ1) is 13.2. The molecule has 0 aromatic carbocycles. The Kier molecular flexibility index (Phi) is 3.05. The molecule has 2 aromatic rings. The van der Waals surface area contributed by atoms with Crippen molar-refractivity contribution in [3.63, 3.8) is 0 Å². The van der Waals surface area contributed by atoms with E-state index in [9.17, 15) is 0 Å². The van der Waals surface area contributed by atoms with Crippen LogP contribution in [-0.4, -0.2) is 15.0 Å². The van der Waals surface area contributed by atoms with Gasteiger partial charge in [-0.2, -0.15) is 0 Å². The van der Waals surface area contributed by atoms with Crippen LogP contribution in [-0.2, 0) is 6.42 Å². The largest absolute Gasteiger partial charge is 0.324 e. The Morgan fingerprint density at radius 1 is 1.25 bits per heavy atom. The van der Waals surface area contributed by atoms with E-state index >= 15 is 0 Å². The lowest BCUT2D eigenvalue weighted by atomic mass is 9.74. The topological polar surface area (TPSA) is 64.7 Å². The number of fused-ring (bicyclic) bond motifs is 1. The van der Waals surface area contributed by atoms with Gasteiger partial charge in [0.2, 0.25) is 0 Å². The van der Waals surface area contributed by atoms with Crippen LogP contribution in [0.15, 0.2) is 24.4 Å². The van der Waals surface area contributed by atoms with E-state index < -0.39 is 0 Å². The summed E-state index contributed by atoms with van der Waals surface area (Å²) in [5, 5.41) is 0. The lowest BCUT2D eigenvalue weighted by Crippen LogP contribution is -2.30. The van der Waals surface area contributed by atoms with E-state index in [1.807, 2.05) is 31.3 Å². The number of hydrogen-bond acceptors (Lipinski definition) is 4. The maximum absolute atomic E-state index is 6.24. The van der Waals surface area contributed by atoms with Crippen LogP contribution in [0.2, 0.25) is 0 Å². The number of pyridine rings is 1. The summed E-state index contributed by atoms with van der Waals surface area (Å²) < 4.78 is 0. The van der Waals surface area contributed by atoms with Gasteiger partial charge in [-0.15, -0.1) is 0 Å². The number of rotatable bonds is 1. The second kappa shape index (κ2) is 4.63. The van der Waals surface area contributed by atoms with Gasteiger partial charge in [-0.3, -0.25) is 0 Å². The minimum absolute atomic E-state index is 0.0354. The molecule has 4 nitrogen and oxygen atoms in total. The van der Waals surface area contributed by atoms with Crippen molar-refractivity contribution in [2.75, 3.05) is 0 Å². The van der Waals surface area contributed by atoms with E-state index in [-0.39, 0.29) is 11.5 Å². The lowest BCUT2D eigenvalue weighted by molar-refractivity contribution is 0.278. The summed E-state index contributed by atoms with van der Waals surface area (Å²) in [6.07, 6.45) is 3.80. The van der Waals surface area contributed by atoms with Crippen LogP contribution >= 0.6 is 0 Å². The fourth-order valence-electron chi connectivity index (χ4n) is 2.90. The van der Waals surface area contributed by atoms with E-state index in [0.29, 0.717) is 5.82 Å². The molecule has 1 unspecified atom stereocenters. The first-order chi connectivity index (χ1) is 9.44. The summed E-state index contributed by atoms with van der Waals surface area (Å²) in [5.74, 6) is 0.692. The molecule has 0 fully saturated rings. The van der Waals surface area contributed by atoms with Crippen molar-refractivity contribution in [1.29, 1.82) is 0 Å². The Morgan fingerprint density at radius 2 is 2.05 bits per heavy atom. The van der Waals surface area contributed by atoms with Crippen LogP contribution in [0.1, 0.15) is 43.3 Å². The molecule has 0 radical (unpaired) electrons. The molecule has 0 amide bonds. The van der Waals surface area contributed by atoms with Gasteiger partial charge in [0.05, 0.1) is 0 Å². The molecule has 104 valence electrons. The molecule has 3 rings (SSSR count). The predicted octanol–water partition coefficient (Wildman–Crippen LogP) is 2.82. The highest BCUT2D eigenvalue weighted by molar-refractivity contribution is 5.50. The van der Waals surface area contributed by atoms with Gasteiger partial charge in [0.1, 0.15) is 5.69 Å². The van der Waals surface area contributed by atoms with Crippen LogP contribution in [0.5, 0.6) is 0 Å². The van der Waals surface area contributed by atoms with Gasteiger partial charge in [-0.1, -0.05) is 19.9 Å². The summed E-state index contributed by atoms with van der Waals surface area (Å²) >= 11 is 0. The molecular weight excluding hydrogens is 248 g/mol. The fourth-order valence-corrected chi connectivity index (χ4v) is 2.90. The van der Waals surface area contributed by atoms with Crippen LogP contribution in [0.25, 0.3) is 11.5 Å². The molecule has 0 saturated heterocycles. The molecule has 2 aromatic heterocycles. The Bertz CT molecular complexity index is 649. The number of nitrogens with zero attached hydrogens (tertiary/aromatic N) is 3. The van der Waals surface area contributed by atoms with Gasteiger partial charge in [-0.25, -0.2) is 15.0 Å². The predicted molar refractivity (Wildman–Crippen MR) is 79.0 cm³/mol. The highest BCUT2D eigenvalue weighted by atomic mass is 14.9. The second-order valence-corrected chi connectivity index (χ2v) is 6.41. The molecule has 2 N–H and O–H groups in total. The Hall–Kier alpha value is -1.81. The third-order valence-electron chi connectivity index (χ3n) is 3.84. The van der Waals surface area contributed by atoms with E-state index in [4.69, 9.17) is 10.7 Å². The average molecular weight is 268 g/mol. The molecular formula is C16H20N4. The molecule has 20 heavy (non-hydrogen) atoms. The minimum Gasteiger partial charge on any atom is -0.324 e. The van der Waals surface area contributed by atoms with Crippen molar-refractivity contribution in [1.82, 2.24) is 15.0 Å². The van der Waals surface area contributed by atoms with Gasteiger partial charge in [0.25, 0.3) is 0 Å². The maximum Gasteiger partial charge on any atom is 0.178 e. The quantitative estimate of drug-likeness (QED) is 0.863. The molecule has 0 saturated carbocycles. The number of nitrogens with two attached hydrogens (primary N) is 1. The standard InChI is InChI=1S/C16H20N4/c1-10-5-4-6-13(19-10)15-18-9-11-12(17)7-16(2,3)8-14(11)20-15/h4-6,9,12H,7-8,17H2,1-3H3. The van der Waals surface area contributed by atoms with Crippen molar-refractivity contribution in [3.05, 3.63) is 41.3 Å². The van der Waals surface area contributed by atoms with Gasteiger partial charge < -0.3 is 5.73 Å². The Balaban J connectivity index is 2.05. The van der Waals surface area contributed by atoms with E-state index in [1.165, 1.54) is 0 Å². The van der Waals surface area contributed by atoms with Crippen molar-refractivity contribution < 1.29 is 0 Å². The van der Waals surface area contributed by atoms with Crippen LogP contribution < -0.4 is 5.73 Å². The Morgan fingerprint density at radius 3 is 2.80 bits per heavy atom. The van der Waals surface area contributed by atoms with Crippen molar-refractivity contribution in [2.24, 2.45) is 11.1 Å². The Labute approximate surface area is 119 Å². The zero-order valence-electron chi connectivity index (χ0n) is 12.2. The van der Waals surface area contributed by atoms with Gasteiger partial charge in [0, 0.05) is 29.2 Å². The summed E-state index contributed by atoms with van der Waals surface area (Å²) in [5.41, 5.74) is 10.4. The van der Waals surface area contributed by atoms with Gasteiger partial charge in [0.15, 0.2) is 5.82 Å². The van der Waals surface area contributed by atoms with E-state index in [1.54, 1.807) is 0 Å². The molecule has 4 heteroatoms. The number of aryl methyl sites for hydroxylation is 1. The fraction of sp³-hybridized carbons (Fsp3) is 0.438. The zero-order chi connectivity index (χ0) is 14.3. The SMILES string of the molecule is Cc1cccc(-c2ncc3c(n2)CC(C)(C)CC3N)n1. The van der Waals surface area contributed by atoms with Crippen LogP contribution in [0.4, 0.5) is 0 Å². The molecule has 1 aliphatic rings. The monoisotopic (exact) mass is 268 g/mol. The molecule has 0 spiro atoms. The highest BCUT2D eigenvalue weighted by Crippen LogP contribution is 2.38. The first-order valence-electron chi connectivity index (χ1n) is 7.00. The average Bonchev–Trinajstić information content (AvgIpc) is 2.36. The highest BCUT2D eigenvalue weighted by Gasteiger charge is 2.31. The minimum atomic E-state index is 0.0354. The number of aromatic nitrogens is 3. The molecule has 0 bridgehead atoms. The molecule has 1 aliphatic carbocycles. The smallest absolute Gasteiger partial charge is 0.178 e. The normalized spacial score (nSPS) is 20.5. The summed E-state index contributed by atoms with van der Waals surface area (Å²) in [6.45, 7) is 6.45. The van der Waals surface area contributed by atoms with Crippen molar-refractivity contribution >= 4 is 0 Å². The van der Waals surface area contributed by atoms with Crippen LogP contribution in [0, 0.1) is 12.3 Å². The molecule has 1 atom stereocenters. The van der Waals surface area contributed by atoms with Crippen molar-refractivity contribution in [3.8, 4) is 11.5 Å².